The third-order valence-electron chi connectivity index (χ3n) is 3.67. The summed E-state index contributed by atoms with van der Waals surface area (Å²) in [5, 5.41) is 13.2. The highest BCUT2D eigenvalue weighted by Crippen LogP contribution is 2.41. The van der Waals surface area contributed by atoms with Gasteiger partial charge in [0, 0.05) is 17.4 Å². The van der Waals surface area contributed by atoms with Gasteiger partial charge in [-0.15, -0.1) is 11.3 Å². The van der Waals surface area contributed by atoms with Gasteiger partial charge in [0.1, 0.15) is 0 Å². The molecule has 1 fully saturated rings. The summed E-state index contributed by atoms with van der Waals surface area (Å²) in [6.07, 6.45) is 1.65. The lowest BCUT2D eigenvalue weighted by Crippen LogP contribution is -2.13. The number of nitrogens with zero attached hydrogens (tertiary/aromatic N) is 1. The van der Waals surface area contributed by atoms with Crippen LogP contribution in [-0.4, -0.2) is 16.2 Å². The smallest absolute Gasteiger partial charge is 0.0958 e. The molecule has 1 aliphatic rings. The quantitative estimate of drug-likeness (QED) is 0.913. The second-order valence-electron chi connectivity index (χ2n) is 5.14. The van der Waals surface area contributed by atoms with Crippen LogP contribution in [0.15, 0.2) is 35.7 Å². The van der Waals surface area contributed by atoms with E-state index in [1.807, 2.05) is 18.2 Å². The molecule has 18 heavy (non-hydrogen) atoms. The fourth-order valence-electron chi connectivity index (χ4n) is 2.36. The van der Waals surface area contributed by atoms with Gasteiger partial charge in [0.05, 0.1) is 16.8 Å². The van der Waals surface area contributed by atoms with Crippen molar-refractivity contribution in [3.8, 4) is 11.3 Å². The number of benzene rings is 1. The molecule has 0 radical (unpaired) electrons. The van der Waals surface area contributed by atoms with E-state index in [2.05, 4.69) is 29.4 Å². The Morgan fingerprint density at radius 2 is 2.11 bits per heavy atom. The van der Waals surface area contributed by atoms with E-state index in [-0.39, 0.29) is 6.10 Å². The number of rotatable bonds is 4. The number of aromatic nitrogens is 1. The number of aliphatic hydroxyl groups is 1. The average molecular weight is 259 g/mol. The van der Waals surface area contributed by atoms with Crippen molar-refractivity contribution in [1.82, 2.24) is 4.98 Å². The van der Waals surface area contributed by atoms with Crippen molar-refractivity contribution in [3.05, 3.63) is 40.7 Å². The van der Waals surface area contributed by atoms with Crippen LogP contribution in [0.2, 0.25) is 0 Å². The first-order valence-electron chi connectivity index (χ1n) is 6.42. The highest BCUT2D eigenvalue weighted by Gasteiger charge is 2.38. The fraction of sp³-hybridized carbons (Fsp3) is 0.400. The maximum Gasteiger partial charge on any atom is 0.0958 e. The zero-order chi connectivity index (χ0) is 12.5. The molecular formula is C15H17NOS. The van der Waals surface area contributed by atoms with Crippen LogP contribution in [0.3, 0.4) is 0 Å². The number of hydrogen-bond acceptors (Lipinski definition) is 3. The standard InChI is InChI=1S/C15H17NOS/c1-10-7-12(10)14(17)8-15-16-13(9-18-15)11-5-3-2-4-6-11/h2-6,9-10,12,14,17H,7-8H2,1H3. The van der Waals surface area contributed by atoms with Crippen LogP contribution in [0.1, 0.15) is 18.4 Å². The molecule has 1 N–H and O–H groups in total. The molecule has 0 bridgehead atoms. The molecule has 3 unspecified atom stereocenters. The van der Waals surface area contributed by atoms with Gasteiger partial charge >= 0.3 is 0 Å². The van der Waals surface area contributed by atoms with Crippen molar-refractivity contribution >= 4 is 11.3 Å². The molecule has 1 saturated carbocycles. The molecule has 3 rings (SSSR count). The lowest BCUT2D eigenvalue weighted by molar-refractivity contribution is 0.146. The van der Waals surface area contributed by atoms with E-state index in [9.17, 15) is 5.11 Å². The summed E-state index contributed by atoms with van der Waals surface area (Å²) in [5.41, 5.74) is 2.17. The van der Waals surface area contributed by atoms with Crippen molar-refractivity contribution in [1.29, 1.82) is 0 Å². The van der Waals surface area contributed by atoms with Crippen LogP contribution in [0.5, 0.6) is 0 Å². The highest BCUT2D eigenvalue weighted by molar-refractivity contribution is 7.09. The highest BCUT2D eigenvalue weighted by atomic mass is 32.1. The Morgan fingerprint density at radius 3 is 2.78 bits per heavy atom. The van der Waals surface area contributed by atoms with E-state index in [1.165, 1.54) is 0 Å². The second kappa shape index (κ2) is 4.82. The van der Waals surface area contributed by atoms with Gasteiger partial charge in [-0.25, -0.2) is 4.98 Å². The van der Waals surface area contributed by atoms with Gasteiger partial charge in [-0.1, -0.05) is 37.3 Å². The van der Waals surface area contributed by atoms with Gasteiger partial charge in [-0.3, -0.25) is 0 Å². The van der Waals surface area contributed by atoms with Crippen molar-refractivity contribution in [2.75, 3.05) is 0 Å². The van der Waals surface area contributed by atoms with Crippen molar-refractivity contribution in [2.45, 2.75) is 25.9 Å². The predicted octanol–water partition coefficient (Wildman–Crippen LogP) is 3.37. The summed E-state index contributed by atoms with van der Waals surface area (Å²) in [5.74, 6) is 1.18. The summed E-state index contributed by atoms with van der Waals surface area (Å²) in [6, 6.07) is 10.2. The largest absolute Gasteiger partial charge is 0.392 e. The number of thiazole rings is 1. The van der Waals surface area contributed by atoms with Crippen LogP contribution in [0.4, 0.5) is 0 Å². The first-order valence-corrected chi connectivity index (χ1v) is 7.30. The summed E-state index contributed by atoms with van der Waals surface area (Å²) in [6.45, 7) is 2.20. The van der Waals surface area contributed by atoms with E-state index in [1.54, 1.807) is 11.3 Å². The Morgan fingerprint density at radius 1 is 1.39 bits per heavy atom. The number of hydrogen-bond donors (Lipinski definition) is 1. The zero-order valence-corrected chi connectivity index (χ0v) is 11.2. The molecule has 0 saturated heterocycles. The SMILES string of the molecule is CC1CC1C(O)Cc1nc(-c2ccccc2)cs1. The minimum atomic E-state index is -0.213. The fourth-order valence-corrected chi connectivity index (χ4v) is 3.22. The minimum absolute atomic E-state index is 0.213. The summed E-state index contributed by atoms with van der Waals surface area (Å²) in [7, 11) is 0. The Labute approximate surface area is 111 Å². The molecule has 0 aliphatic heterocycles. The molecule has 1 aromatic carbocycles. The first kappa shape index (κ1) is 11.9. The van der Waals surface area contributed by atoms with E-state index in [0.717, 1.165) is 22.7 Å². The van der Waals surface area contributed by atoms with Crippen LogP contribution in [0, 0.1) is 11.8 Å². The predicted molar refractivity (Wildman–Crippen MR) is 74.5 cm³/mol. The molecule has 1 heterocycles. The van der Waals surface area contributed by atoms with Gasteiger partial charge in [0.2, 0.25) is 0 Å². The molecule has 3 atom stereocenters. The Balaban J connectivity index is 1.70. The van der Waals surface area contributed by atoms with Crippen LogP contribution in [-0.2, 0) is 6.42 Å². The molecule has 0 spiro atoms. The molecule has 3 heteroatoms. The van der Waals surface area contributed by atoms with E-state index < -0.39 is 0 Å². The van der Waals surface area contributed by atoms with Crippen molar-refractivity contribution < 1.29 is 5.11 Å². The molecule has 2 aromatic rings. The lowest BCUT2D eigenvalue weighted by atomic mass is 10.1. The second-order valence-corrected chi connectivity index (χ2v) is 6.08. The molecular weight excluding hydrogens is 242 g/mol. The molecule has 1 aliphatic carbocycles. The Bertz CT molecular complexity index is 522. The van der Waals surface area contributed by atoms with E-state index >= 15 is 0 Å². The van der Waals surface area contributed by atoms with E-state index in [4.69, 9.17) is 0 Å². The maximum absolute atomic E-state index is 10.1. The Kier molecular flexibility index (Phi) is 3.18. The third kappa shape index (κ3) is 2.47. The van der Waals surface area contributed by atoms with Crippen molar-refractivity contribution in [3.63, 3.8) is 0 Å². The van der Waals surface area contributed by atoms with Crippen LogP contribution in [0.25, 0.3) is 11.3 Å². The van der Waals surface area contributed by atoms with Gasteiger partial charge in [0.15, 0.2) is 0 Å². The third-order valence-corrected chi connectivity index (χ3v) is 4.54. The van der Waals surface area contributed by atoms with Gasteiger partial charge in [-0.05, 0) is 18.3 Å². The lowest BCUT2D eigenvalue weighted by Gasteiger charge is -2.06. The molecule has 2 nitrogen and oxygen atoms in total. The van der Waals surface area contributed by atoms with Crippen LogP contribution < -0.4 is 0 Å². The normalized spacial score (nSPS) is 23.9. The van der Waals surface area contributed by atoms with Crippen molar-refractivity contribution in [2.24, 2.45) is 11.8 Å². The van der Waals surface area contributed by atoms with E-state index in [0.29, 0.717) is 18.3 Å². The number of aliphatic hydroxyl groups excluding tert-OH is 1. The monoisotopic (exact) mass is 259 g/mol. The minimum Gasteiger partial charge on any atom is -0.392 e. The molecule has 0 amide bonds. The summed E-state index contributed by atoms with van der Waals surface area (Å²) >= 11 is 1.65. The zero-order valence-electron chi connectivity index (χ0n) is 10.4. The molecule has 94 valence electrons. The van der Waals surface area contributed by atoms with Gasteiger partial charge in [-0.2, -0.15) is 0 Å². The average Bonchev–Trinajstić information content (AvgIpc) is 2.95. The Hall–Kier alpha value is -1.19. The summed E-state index contributed by atoms with van der Waals surface area (Å²) < 4.78 is 0. The topological polar surface area (TPSA) is 33.1 Å². The first-order chi connectivity index (χ1) is 8.74. The van der Waals surface area contributed by atoms with Gasteiger partial charge < -0.3 is 5.11 Å². The maximum atomic E-state index is 10.1. The molecule has 1 aromatic heterocycles. The van der Waals surface area contributed by atoms with Crippen LogP contribution >= 0.6 is 11.3 Å². The van der Waals surface area contributed by atoms with Gasteiger partial charge in [0.25, 0.3) is 0 Å². The summed E-state index contributed by atoms with van der Waals surface area (Å²) in [4.78, 5) is 4.61.